The smallest absolute Gasteiger partial charge is 0.224 e. The zero-order chi connectivity index (χ0) is 13.5. The van der Waals surface area contributed by atoms with Crippen LogP contribution in [0, 0.1) is 0 Å². The van der Waals surface area contributed by atoms with Gasteiger partial charge in [-0.15, -0.1) is 0 Å². The molecule has 0 unspecified atom stereocenters. The maximum Gasteiger partial charge on any atom is 0.224 e. The second kappa shape index (κ2) is 6.67. The molecule has 3 N–H and O–H groups in total. The van der Waals surface area contributed by atoms with Crippen molar-refractivity contribution in [3.8, 4) is 11.6 Å². The van der Waals surface area contributed by atoms with Crippen LogP contribution >= 0.6 is 0 Å². The van der Waals surface area contributed by atoms with Crippen molar-refractivity contribution in [2.45, 2.75) is 6.42 Å². The van der Waals surface area contributed by atoms with Crippen LogP contribution in [0.4, 0.5) is 5.82 Å². The maximum absolute atomic E-state index is 5.60. The van der Waals surface area contributed by atoms with E-state index in [0.29, 0.717) is 24.1 Å². The Morgan fingerprint density at radius 2 is 2.00 bits per heavy atom. The SMILES string of the molecule is COCCc1ccc(Oc2cc(NN)ncn2)cc1. The number of methoxy groups -OCH3 is 1. The Morgan fingerprint density at radius 1 is 1.21 bits per heavy atom. The van der Waals surface area contributed by atoms with E-state index in [-0.39, 0.29) is 0 Å². The molecule has 0 aliphatic carbocycles. The molecule has 6 nitrogen and oxygen atoms in total. The number of hydrogen-bond donors (Lipinski definition) is 2. The minimum Gasteiger partial charge on any atom is -0.439 e. The summed E-state index contributed by atoms with van der Waals surface area (Å²) in [6, 6.07) is 9.40. The largest absolute Gasteiger partial charge is 0.439 e. The molecule has 0 aliphatic rings. The lowest BCUT2D eigenvalue weighted by atomic mass is 10.1. The minimum atomic E-state index is 0.438. The number of rotatable bonds is 6. The van der Waals surface area contributed by atoms with Crippen molar-refractivity contribution in [2.75, 3.05) is 19.1 Å². The van der Waals surface area contributed by atoms with Crippen molar-refractivity contribution in [3.05, 3.63) is 42.2 Å². The Morgan fingerprint density at radius 3 is 2.68 bits per heavy atom. The highest BCUT2D eigenvalue weighted by Gasteiger charge is 2.01. The summed E-state index contributed by atoms with van der Waals surface area (Å²) in [5.41, 5.74) is 3.64. The van der Waals surface area contributed by atoms with E-state index in [1.807, 2.05) is 24.3 Å². The maximum atomic E-state index is 5.60. The van der Waals surface area contributed by atoms with E-state index in [9.17, 15) is 0 Å². The lowest BCUT2D eigenvalue weighted by Gasteiger charge is -2.06. The normalized spacial score (nSPS) is 10.2. The van der Waals surface area contributed by atoms with Crippen molar-refractivity contribution in [1.82, 2.24) is 9.97 Å². The van der Waals surface area contributed by atoms with Gasteiger partial charge in [0.2, 0.25) is 5.88 Å². The highest BCUT2D eigenvalue weighted by atomic mass is 16.5. The molecule has 100 valence electrons. The zero-order valence-electron chi connectivity index (χ0n) is 10.7. The van der Waals surface area contributed by atoms with Gasteiger partial charge in [0.15, 0.2) is 0 Å². The van der Waals surface area contributed by atoms with Crippen LogP contribution < -0.4 is 16.0 Å². The number of anilines is 1. The molecule has 0 atom stereocenters. The number of ether oxygens (including phenoxy) is 2. The number of nitrogens with zero attached hydrogens (tertiary/aromatic N) is 2. The van der Waals surface area contributed by atoms with Gasteiger partial charge in [0.05, 0.1) is 6.61 Å². The van der Waals surface area contributed by atoms with Crippen molar-refractivity contribution < 1.29 is 9.47 Å². The fourth-order valence-corrected chi connectivity index (χ4v) is 1.54. The van der Waals surface area contributed by atoms with Crippen molar-refractivity contribution in [2.24, 2.45) is 5.84 Å². The summed E-state index contributed by atoms with van der Waals surface area (Å²) in [6.07, 6.45) is 2.27. The number of nitrogens with one attached hydrogen (secondary N) is 1. The van der Waals surface area contributed by atoms with Crippen molar-refractivity contribution in [1.29, 1.82) is 0 Å². The first kappa shape index (κ1) is 13.3. The molecule has 1 aromatic heterocycles. The van der Waals surface area contributed by atoms with Crippen molar-refractivity contribution in [3.63, 3.8) is 0 Å². The van der Waals surface area contributed by atoms with Crippen molar-refractivity contribution >= 4 is 5.82 Å². The van der Waals surface area contributed by atoms with Gasteiger partial charge in [0.1, 0.15) is 17.9 Å². The highest BCUT2D eigenvalue weighted by molar-refractivity contribution is 5.38. The Bertz CT molecular complexity index is 516. The quantitative estimate of drug-likeness (QED) is 0.608. The Balaban J connectivity index is 2.02. The fourth-order valence-electron chi connectivity index (χ4n) is 1.54. The first-order valence-corrected chi connectivity index (χ1v) is 5.86. The van der Waals surface area contributed by atoms with Gasteiger partial charge in [-0.05, 0) is 24.1 Å². The summed E-state index contributed by atoms with van der Waals surface area (Å²) in [5.74, 6) is 6.92. The molecule has 0 aliphatic heterocycles. The first-order chi connectivity index (χ1) is 9.31. The zero-order valence-corrected chi connectivity index (χ0v) is 10.7. The number of benzene rings is 1. The third-order valence-corrected chi connectivity index (χ3v) is 2.53. The van der Waals surface area contributed by atoms with Gasteiger partial charge in [-0.1, -0.05) is 12.1 Å². The van der Waals surface area contributed by atoms with Crippen LogP contribution in [-0.4, -0.2) is 23.7 Å². The van der Waals surface area contributed by atoms with Crippen LogP contribution in [0.3, 0.4) is 0 Å². The Labute approximate surface area is 111 Å². The molecule has 0 amide bonds. The standard InChI is InChI=1S/C13H16N4O2/c1-18-7-6-10-2-4-11(5-3-10)19-13-8-12(17-14)15-9-16-13/h2-5,8-9H,6-7,14H2,1H3,(H,15,16,17). The van der Waals surface area contributed by atoms with E-state index in [0.717, 1.165) is 6.42 Å². The average Bonchev–Trinajstić information content (AvgIpc) is 2.47. The third kappa shape index (κ3) is 3.90. The second-order valence-electron chi connectivity index (χ2n) is 3.87. The summed E-state index contributed by atoms with van der Waals surface area (Å²) in [6.45, 7) is 0.706. The molecule has 0 spiro atoms. The molecule has 0 saturated carbocycles. The highest BCUT2D eigenvalue weighted by Crippen LogP contribution is 2.20. The van der Waals surface area contributed by atoms with Gasteiger partial charge < -0.3 is 14.9 Å². The van der Waals surface area contributed by atoms with E-state index in [2.05, 4.69) is 15.4 Å². The molecule has 1 aromatic carbocycles. The van der Waals surface area contributed by atoms with Gasteiger partial charge in [0.25, 0.3) is 0 Å². The molecule has 2 aromatic rings. The van der Waals surface area contributed by atoms with Gasteiger partial charge in [0, 0.05) is 13.2 Å². The van der Waals surface area contributed by atoms with Gasteiger partial charge >= 0.3 is 0 Å². The van der Waals surface area contributed by atoms with E-state index >= 15 is 0 Å². The summed E-state index contributed by atoms with van der Waals surface area (Å²) in [4.78, 5) is 7.91. The molecule has 0 fully saturated rings. The number of nitrogens with two attached hydrogens (primary N) is 1. The fraction of sp³-hybridized carbons (Fsp3) is 0.231. The predicted octanol–water partition coefficient (Wildman–Crippen LogP) is 1.74. The van der Waals surface area contributed by atoms with E-state index in [4.69, 9.17) is 15.3 Å². The molecular weight excluding hydrogens is 244 g/mol. The Hall–Kier alpha value is -2.18. The van der Waals surface area contributed by atoms with Gasteiger partial charge in [-0.2, -0.15) is 0 Å². The number of aromatic nitrogens is 2. The summed E-state index contributed by atoms with van der Waals surface area (Å²) >= 11 is 0. The van der Waals surface area contributed by atoms with Gasteiger partial charge in [-0.25, -0.2) is 15.8 Å². The third-order valence-electron chi connectivity index (χ3n) is 2.53. The molecule has 19 heavy (non-hydrogen) atoms. The number of hydrogen-bond acceptors (Lipinski definition) is 6. The summed E-state index contributed by atoms with van der Waals surface area (Å²) in [7, 11) is 1.69. The number of nitrogen functional groups attached to an aromatic ring is 1. The van der Waals surface area contributed by atoms with Gasteiger partial charge in [-0.3, -0.25) is 0 Å². The minimum absolute atomic E-state index is 0.438. The van der Waals surface area contributed by atoms with Crippen LogP contribution in [0.25, 0.3) is 0 Å². The van der Waals surface area contributed by atoms with Crippen LogP contribution in [0.15, 0.2) is 36.7 Å². The first-order valence-electron chi connectivity index (χ1n) is 5.86. The lowest BCUT2D eigenvalue weighted by Crippen LogP contribution is -2.08. The predicted molar refractivity (Wildman–Crippen MR) is 71.9 cm³/mol. The summed E-state index contributed by atoms with van der Waals surface area (Å²) < 4.78 is 10.6. The molecule has 0 saturated heterocycles. The molecule has 1 heterocycles. The van der Waals surface area contributed by atoms with E-state index in [1.165, 1.54) is 11.9 Å². The molecule has 2 rings (SSSR count). The molecule has 0 radical (unpaired) electrons. The van der Waals surface area contributed by atoms with Crippen LogP contribution in [-0.2, 0) is 11.2 Å². The average molecular weight is 260 g/mol. The number of hydrazine groups is 1. The van der Waals surface area contributed by atoms with Crippen LogP contribution in [0.5, 0.6) is 11.6 Å². The monoisotopic (exact) mass is 260 g/mol. The van der Waals surface area contributed by atoms with E-state index in [1.54, 1.807) is 13.2 Å². The molecular formula is C13H16N4O2. The second-order valence-corrected chi connectivity index (χ2v) is 3.87. The Kier molecular flexibility index (Phi) is 4.66. The lowest BCUT2D eigenvalue weighted by molar-refractivity contribution is 0.202. The van der Waals surface area contributed by atoms with E-state index < -0.39 is 0 Å². The summed E-state index contributed by atoms with van der Waals surface area (Å²) in [5, 5.41) is 0. The van der Waals surface area contributed by atoms with Crippen LogP contribution in [0.2, 0.25) is 0 Å². The topological polar surface area (TPSA) is 82.3 Å². The molecule has 6 heteroatoms. The van der Waals surface area contributed by atoms with Crippen LogP contribution in [0.1, 0.15) is 5.56 Å². The molecule has 0 bridgehead atoms.